The van der Waals surface area contributed by atoms with Gasteiger partial charge in [-0.1, -0.05) is 11.6 Å². The number of nitrogens with one attached hydrogen (secondary N) is 1. The molecule has 1 aromatic carbocycles. The molecule has 2 N–H and O–H groups in total. The zero-order valence-electron chi connectivity index (χ0n) is 22.5. The lowest BCUT2D eigenvalue weighted by atomic mass is 10.1. The first-order chi connectivity index (χ1) is 19.6. The van der Waals surface area contributed by atoms with Crippen molar-refractivity contribution in [2.24, 2.45) is 0 Å². The van der Waals surface area contributed by atoms with Crippen LogP contribution in [0.4, 0.5) is 0 Å². The van der Waals surface area contributed by atoms with Gasteiger partial charge in [0.2, 0.25) is 5.91 Å². The summed E-state index contributed by atoms with van der Waals surface area (Å²) < 4.78 is 39.8. The second-order valence-electron chi connectivity index (χ2n) is 10.6. The second-order valence-corrected chi connectivity index (χ2v) is 13.0. The Balaban J connectivity index is 1.27. The van der Waals surface area contributed by atoms with Crippen molar-refractivity contribution in [1.82, 2.24) is 29.1 Å². The summed E-state index contributed by atoms with van der Waals surface area (Å²) in [5, 5.41) is 12.4. The summed E-state index contributed by atoms with van der Waals surface area (Å²) >= 11 is 6.08. The van der Waals surface area contributed by atoms with Crippen LogP contribution in [0.5, 0.6) is 0 Å². The minimum atomic E-state index is -3.98. The average molecular weight is 607 g/mol. The Morgan fingerprint density at radius 1 is 1.17 bits per heavy atom. The Morgan fingerprint density at radius 3 is 2.73 bits per heavy atom. The molecule has 41 heavy (non-hydrogen) atoms. The van der Waals surface area contributed by atoms with Gasteiger partial charge in [0.1, 0.15) is 10.8 Å². The molecule has 6 rings (SSSR count). The summed E-state index contributed by atoms with van der Waals surface area (Å²) in [5.74, 6) is -0.430. The third-order valence-electron chi connectivity index (χ3n) is 7.92. The van der Waals surface area contributed by atoms with Crippen LogP contribution in [0.1, 0.15) is 35.5 Å². The number of sulfonamides is 1. The van der Waals surface area contributed by atoms with Crippen molar-refractivity contribution in [2.75, 3.05) is 45.9 Å². The molecule has 2 aromatic heterocycles. The van der Waals surface area contributed by atoms with Gasteiger partial charge in [-0.15, -0.1) is 0 Å². The largest absolute Gasteiger partial charge is 0.436 e. The normalized spacial score (nSPS) is 22.7. The Kier molecular flexibility index (Phi) is 7.55. The van der Waals surface area contributed by atoms with Crippen molar-refractivity contribution in [3.05, 3.63) is 46.6 Å². The van der Waals surface area contributed by atoms with E-state index in [1.165, 1.54) is 15.3 Å². The number of aromatic amines is 1. The molecular weight excluding hydrogens is 576 g/mol. The van der Waals surface area contributed by atoms with E-state index in [0.29, 0.717) is 60.1 Å². The first-order valence-corrected chi connectivity index (χ1v) is 15.3. The number of carbonyl (C=O) groups excluding carboxylic acids is 2. The zero-order chi connectivity index (χ0) is 28.9. The van der Waals surface area contributed by atoms with E-state index in [-0.39, 0.29) is 55.5 Å². The molecule has 3 aromatic rings. The number of amides is 2. The van der Waals surface area contributed by atoms with E-state index < -0.39 is 22.0 Å². The highest BCUT2D eigenvalue weighted by Gasteiger charge is 2.41. The van der Waals surface area contributed by atoms with Gasteiger partial charge in [0.25, 0.3) is 15.9 Å². The molecule has 3 aliphatic rings. The summed E-state index contributed by atoms with van der Waals surface area (Å²) in [6, 6.07) is 5.67. The molecule has 220 valence electrons. The number of ether oxygens (including phenoxy) is 1. The van der Waals surface area contributed by atoms with Crippen LogP contribution in [-0.4, -0.2) is 113 Å². The maximum absolute atomic E-state index is 13.7. The van der Waals surface area contributed by atoms with Gasteiger partial charge in [-0.3, -0.25) is 9.59 Å². The van der Waals surface area contributed by atoms with Crippen LogP contribution in [0.3, 0.4) is 0 Å². The predicted octanol–water partition coefficient (Wildman–Crippen LogP) is 1.71. The van der Waals surface area contributed by atoms with Crippen molar-refractivity contribution in [2.45, 2.75) is 43.4 Å². The van der Waals surface area contributed by atoms with Gasteiger partial charge in [0.05, 0.1) is 31.5 Å². The van der Waals surface area contributed by atoms with Gasteiger partial charge in [-0.05, 0) is 31.2 Å². The number of nitrogens with zero attached hydrogens (tertiary/aromatic N) is 5. The number of hydroxylamine groups is 2. The van der Waals surface area contributed by atoms with Crippen LogP contribution in [0.25, 0.3) is 10.9 Å². The average Bonchev–Trinajstić information content (AvgIpc) is 3.57. The lowest BCUT2D eigenvalue weighted by Gasteiger charge is -2.40. The summed E-state index contributed by atoms with van der Waals surface area (Å²) in [6.07, 6.45) is 0.352. The third-order valence-corrected chi connectivity index (χ3v) is 9.94. The topological polar surface area (TPSA) is 153 Å². The number of rotatable bonds is 5. The molecule has 2 amide bonds. The number of morpholine rings is 1. The minimum absolute atomic E-state index is 0.0100. The minimum Gasteiger partial charge on any atom is -0.436 e. The number of hydrogen-bond acceptors (Lipinski definition) is 9. The third kappa shape index (κ3) is 5.47. The van der Waals surface area contributed by atoms with Gasteiger partial charge in [-0.25, -0.2) is 13.4 Å². The molecule has 0 aliphatic carbocycles. The number of H-pyrrole nitrogens is 1. The van der Waals surface area contributed by atoms with Crippen LogP contribution in [0.15, 0.2) is 33.7 Å². The van der Waals surface area contributed by atoms with Crippen LogP contribution in [0, 0.1) is 0 Å². The van der Waals surface area contributed by atoms with Crippen LogP contribution >= 0.6 is 11.6 Å². The van der Waals surface area contributed by atoms with Crippen molar-refractivity contribution in [3.8, 4) is 0 Å². The Labute approximate surface area is 241 Å². The molecule has 3 aliphatic heterocycles. The smallest absolute Gasteiger partial charge is 0.310 e. The fourth-order valence-corrected chi connectivity index (χ4v) is 7.22. The van der Waals surface area contributed by atoms with Crippen molar-refractivity contribution >= 4 is 44.3 Å². The number of fused-ring (bicyclic) bond motifs is 2. The van der Waals surface area contributed by atoms with Crippen LogP contribution < -0.4 is 0 Å². The highest BCUT2D eigenvalue weighted by molar-refractivity contribution is 7.89. The Hall–Kier alpha value is -3.01. The molecule has 2 saturated heterocycles. The number of hydrogen-bond donors (Lipinski definition) is 2. The Morgan fingerprint density at radius 2 is 1.95 bits per heavy atom. The van der Waals surface area contributed by atoms with Gasteiger partial charge >= 0.3 is 5.91 Å². The molecule has 2 fully saturated rings. The predicted molar refractivity (Wildman–Crippen MR) is 146 cm³/mol. The molecule has 15 heteroatoms. The van der Waals surface area contributed by atoms with E-state index >= 15 is 0 Å². The monoisotopic (exact) mass is 606 g/mol. The van der Waals surface area contributed by atoms with E-state index in [4.69, 9.17) is 20.8 Å². The van der Waals surface area contributed by atoms with Crippen LogP contribution in [-0.2, 0) is 32.5 Å². The number of carbonyl (C=O) groups is 2. The number of halogens is 1. The Bertz CT molecular complexity index is 1560. The van der Waals surface area contributed by atoms with E-state index in [9.17, 15) is 23.2 Å². The first kappa shape index (κ1) is 28.1. The molecular formula is C26H31ClN6O7S. The molecule has 0 saturated carbocycles. The molecule has 2 atom stereocenters. The summed E-state index contributed by atoms with van der Waals surface area (Å²) in [6.45, 7) is 3.64. The number of aromatic nitrogens is 2. The maximum atomic E-state index is 13.7. The van der Waals surface area contributed by atoms with E-state index in [1.54, 1.807) is 23.1 Å². The molecule has 5 heterocycles. The van der Waals surface area contributed by atoms with Gasteiger partial charge in [-0.2, -0.15) is 9.37 Å². The van der Waals surface area contributed by atoms with E-state index in [2.05, 4.69) is 9.97 Å². The highest BCUT2D eigenvalue weighted by atomic mass is 35.5. The van der Waals surface area contributed by atoms with E-state index in [0.717, 1.165) is 5.06 Å². The SMILES string of the molecule is CC1Cc2nc(C(=O)N3CCN(S(=O)(=O)c4cc5cc(Cl)ccc5[nH]4)CC3CC(=O)N3CCOCC3)oc2CN1O. The number of benzene rings is 1. The van der Waals surface area contributed by atoms with Crippen molar-refractivity contribution in [1.29, 1.82) is 0 Å². The van der Waals surface area contributed by atoms with Crippen LogP contribution in [0.2, 0.25) is 5.02 Å². The fraction of sp³-hybridized carbons (Fsp3) is 0.500. The van der Waals surface area contributed by atoms with Crippen molar-refractivity contribution in [3.63, 3.8) is 0 Å². The highest BCUT2D eigenvalue weighted by Crippen LogP contribution is 2.28. The summed E-state index contributed by atoms with van der Waals surface area (Å²) in [4.78, 5) is 37.4. The summed E-state index contributed by atoms with van der Waals surface area (Å²) in [7, 11) is -3.98. The lowest BCUT2D eigenvalue weighted by Crippen LogP contribution is -2.58. The maximum Gasteiger partial charge on any atom is 0.310 e. The van der Waals surface area contributed by atoms with Gasteiger partial charge in [0.15, 0.2) is 0 Å². The first-order valence-electron chi connectivity index (χ1n) is 13.5. The molecule has 0 spiro atoms. The standard InChI is InChI=1S/C26H31ClN6O7S/c1-16-10-21-22(15-33(16)36)40-25(29-21)26(35)32-5-4-31(14-19(32)13-24(34)30-6-8-39-9-7-30)41(37,38)23-12-17-11-18(27)2-3-20(17)28-23/h2-3,11-12,16,19,28,36H,4-10,13-15H2,1H3. The zero-order valence-corrected chi connectivity index (χ0v) is 24.0. The quantitative estimate of drug-likeness (QED) is 0.442. The molecule has 13 nitrogen and oxygen atoms in total. The van der Waals surface area contributed by atoms with Crippen molar-refractivity contribution < 1.29 is 32.4 Å². The number of oxazole rings is 1. The van der Waals surface area contributed by atoms with Gasteiger partial charge in [0, 0.05) is 67.5 Å². The fourth-order valence-electron chi connectivity index (χ4n) is 5.55. The number of piperazine rings is 1. The molecule has 0 bridgehead atoms. The van der Waals surface area contributed by atoms with E-state index in [1.807, 2.05) is 6.92 Å². The lowest BCUT2D eigenvalue weighted by molar-refractivity contribution is -0.139. The second kappa shape index (κ2) is 11.0. The molecule has 0 radical (unpaired) electrons. The summed E-state index contributed by atoms with van der Waals surface area (Å²) in [5.41, 5.74) is 1.23. The molecule has 2 unspecified atom stereocenters. The van der Waals surface area contributed by atoms with Gasteiger partial charge < -0.3 is 29.1 Å².